The Bertz CT molecular complexity index is 408. The molecule has 0 aliphatic heterocycles. The van der Waals surface area contributed by atoms with Gasteiger partial charge in [-0.3, -0.25) is 4.79 Å². The zero-order chi connectivity index (χ0) is 12.4. The molecule has 0 aromatic carbocycles. The Morgan fingerprint density at radius 2 is 2.24 bits per heavy atom. The molecule has 0 atom stereocenters. The molecule has 1 saturated carbocycles. The van der Waals surface area contributed by atoms with Crippen molar-refractivity contribution in [3.63, 3.8) is 0 Å². The number of carbonyl (C=O) groups excluding carboxylic acids is 1. The molecule has 6 nitrogen and oxygen atoms in total. The van der Waals surface area contributed by atoms with Gasteiger partial charge in [-0.2, -0.15) is 0 Å². The van der Waals surface area contributed by atoms with Crippen molar-refractivity contribution in [2.24, 2.45) is 11.7 Å². The van der Waals surface area contributed by atoms with Crippen molar-refractivity contribution in [2.45, 2.75) is 25.8 Å². The summed E-state index contributed by atoms with van der Waals surface area (Å²) in [6.45, 7) is 1.62. The molecule has 0 saturated heterocycles. The number of amides is 1. The molecule has 1 aromatic rings. The topological polar surface area (TPSA) is 77.0 Å². The highest BCUT2D eigenvalue weighted by atomic mass is 16.1. The molecule has 2 rings (SSSR count). The largest absolute Gasteiger partial charge is 0.364 e. The van der Waals surface area contributed by atoms with Crippen molar-refractivity contribution in [3.05, 3.63) is 11.4 Å². The first kappa shape index (κ1) is 12.0. The zero-order valence-electron chi connectivity index (χ0n) is 10.4. The first-order valence-electron chi connectivity index (χ1n) is 5.95. The highest BCUT2D eigenvalue weighted by Gasteiger charge is 2.27. The van der Waals surface area contributed by atoms with Crippen molar-refractivity contribution >= 4 is 5.91 Å². The summed E-state index contributed by atoms with van der Waals surface area (Å²) in [4.78, 5) is 13.3. The summed E-state index contributed by atoms with van der Waals surface area (Å²) < 4.78 is 1.82. The van der Waals surface area contributed by atoms with Gasteiger partial charge in [0.2, 0.25) is 0 Å². The normalized spacial score (nSPS) is 15.5. The van der Waals surface area contributed by atoms with E-state index in [2.05, 4.69) is 15.2 Å². The number of primary amides is 1. The second kappa shape index (κ2) is 4.83. The quantitative estimate of drug-likeness (QED) is 0.749. The van der Waals surface area contributed by atoms with Crippen LogP contribution < -0.4 is 5.73 Å². The third kappa shape index (κ3) is 3.03. The van der Waals surface area contributed by atoms with Gasteiger partial charge in [0.25, 0.3) is 5.91 Å². The Balaban J connectivity index is 2.14. The molecule has 0 spiro atoms. The van der Waals surface area contributed by atoms with E-state index < -0.39 is 5.91 Å². The van der Waals surface area contributed by atoms with Gasteiger partial charge < -0.3 is 10.6 Å². The lowest BCUT2D eigenvalue weighted by molar-refractivity contribution is 0.0994. The fourth-order valence-corrected chi connectivity index (χ4v) is 1.80. The fraction of sp³-hybridized carbons (Fsp3) is 0.727. The van der Waals surface area contributed by atoms with E-state index in [1.165, 1.54) is 12.8 Å². The number of likely N-dealkylation sites (N-methyl/N-ethyl adjacent to an activating group) is 1. The predicted octanol–water partition coefficient (Wildman–Crippen LogP) is -0.109. The van der Waals surface area contributed by atoms with Crippen molar-refractivity contribution in [2.75, 3.05) is 20.6 Å². The van der Waals surface area contributed by atoms with E-state index in [9.17, 15) is 4.79 Å². The predicted molar refractivity (Wildman–Crippen MR) is 63.5 cm³/mol. The van der Waals surface area contributed by atoms with E-state index in [-0.39, 0.29) is 0 Å². The molecule has 0 radical (unpaired) electrons. The summed E-state index contributed by atoms with van der Waals surface area (Å²) in [7, 11) is 4.01. The molecule has 2 N–H and O–H groups in total. The molecule has 1 heterocycles. The van der Waals surface area contributed by atoms with Gasteiger partial charge in [0.1, 0.15) is 0 Å². The number of hydrogen-bond acceptors (Lipinski definition) is 4. The molecular weight excluding hydrogens is 218 g/mol. The van der Waals surface area contributed by atoms with Gasteiger partial charge in [-0.1, -0.05) is 5.21 Å². The maximum atomic E-state index is 11.3. The second-order valence-electron chi connectivity index (χ2n) is 4.92. The second-order valence-corrected chi connectivity index (χ2v) is 4.92. The Hall–Kier alpha value is -1.43. The van der Waals surface area contributed by atoms with E-state index >= 15 is 0 Å². The number of hydrogen-bond donors (Lipinski definition) is 1. The van der Waals surface area contributed by atoms with Crippen molar-refractivity contribution in [3.8, 4) is 0 Å². The summed E-state index contributed by atoms with van der Waals surface area (Å²) in [5.74, 6) is 0.210. The van der Waals surface area contributed by atoms with Gasteiger partial charge in [0.05, 0.1) is 12.2 Å². The highest BCUT2D eigenvalue weighted by Crippen LogP contribution is 2.33. The summed E-state index contributed by atoms with van der Waals surface area (Å²) >= 11 is 0. The van der Waals surface area contributed by atoms with Crippen LogP contribution >= 0.6 is 0 Å². The Labute approximate surface area is 101 Å². The summed E-state index contributed by atoms with van der Waals surface area (Å²) in [6, 6.07) is 0. The first-order chi connectivity index (χ1) is 8.08. The minimum atomic E-state index is -0.475. The molecule has 1 amide bonds. The molecule has 0 unspecified atom stereocenters. The van der Waals surface area contributed by atoms with Crippen LogP contribution in [0.15, 0.2) is 0 Å². The van der Waals surface area contributed by atoms with Crippen molar-refractivity contribution in [1.29, 1.82) is 0 Å². The van der Waals surface area contributed by atoms with Crippen LogP contribution in [0.2, 0.25) is 0 Å². The van der Waals surface area contributed by atoms with Gasteiger partial charge >= 0.3 is 0 Å². The van der Waals surface area contributed by atoms with E-state index in [1.807, 2.05) is 18.8 Å². The summed E-state index contributed by atoms with van der Waals surface area (Å²) in [5.41, 5.74) is 6.56. The highest BCUT2D eigenvalue weighted by molar-refractivity contribution is 5.91. The van der Waals surface area contributed by atoms with E-state index in [4.69, 9.17) is 5.73 Å². The van der Waals surface area contributed by atoms with Gasteiger partial charge in [-0.25, -0.2) is 4.68 Å². The molecule has 1 aliphatic rings. The molecule has 1 fully saturated rings. The third-order valence-corrected chi connectivity index (χ3v) is 3.01. The maximum Gasteiger partial charge on any atom is 0.271 e. The number of nitrogens with two attached hydrogens (primary N) is 1. The van der Waals surface area contributed by atoms with Crippen molar-refractivity contribution in [1.82, 2.24) is 19.9 Å². The van der Waals surface area contributed by atoms with E-state index in [1.54, 1.807) is 0 Å². The summed E-state index contributed by atoms with van der Waals surface area (Å²) in [5, 5.41) is 7.92. The smallest absolute Gasteiger partial charge is 0.271 e. The Morgan fingerprint density at radius 3 is 2.76 bits per heavy atom. The average Bonchev–Trinajstić information content (AvgIpc) is 2.95. The van der Waals surface area contributed by atoms with Crippen LogP contribution in [0.4, 0.5) is 0 Å². The number of carbonyl (C=O) groups is 1. The van der Waals surface area contributed by atoms with Gasteiger partial charge in [0, 0.05) is 6.54 Å². The monoisotopic (exact) mass is 237 g/mol. The lowest BCUT2D eigenvalue weighted by Crippen LogP contribution is -2.21. The molecule has 6 heteroatoms. The minimum absolute atomic E-state index is 0.343. The van der Waals surface area contributed by atoms with Crippen LogP contribution in [0.3, 0.4) is 0 Å². The zero-order valence-corrected chi connectivity index (χ0v) is 10.4. The molecule has 0 bridgehead atoms. The van der Waals surface area contributed by atoms with Crippen LogP contribution in [-0.4, -0.2) is 46.4 Å². The van der Waals surface area contributed by atoms with Crippen LogP contribution in [0.1, 0.15) is 29.0 Å². The molecule has 1 aromatic heterocycles. The van der Waals surface area contributed by atoms with Crippen LogP contribution in [0, 0.1) is 5.92 Å². The van der Waals surface area contributed by atoms with E-state index in [0.717, 1.165) is 25.2 Å². The lowest BCUT2D eigenvalue weighted by Gasteiger charge is -2.11. The number of nitrogens with zero attached hydrogens (tertiary/aromatic N) is 4. The minimum Gasteiger partial charge on any atom is -0.364 e. The van der Waals surface area contributed by atoms with Crippen molar-refractivity contribution < 1.29 is 4.79 Å². The molecule has 17 heavy (non-hydrogen) atoms. The maximum absolute atomic E-state index is 11.3. The number of rotatable bonds is 6. The average molecular weight is 237 g/mol. The molecule has 1 aliphatic carbocycles. The fourth-order valence-electron chi connectivity index (χ4n) is 1.80. The SMILES string of the molecule is CN(C)CCn1nnc(C(N)=O)c1CC1CC1. The number of aromatic nitrogens is 3. The third-order valence-electron chi connectivity index (χ3n) is 3.01. The Morgan fingerprint density at radius 1 is 1.53 bits per heavy atom. The van der Waals surface area contributed by atoms with Gasteiger partial charge in [-0.05, 0) is 39.3 Å². The summed E-state index contributed by atoms with van der Waals surface area (Å²) in [6.07, 6.45) is 3.34. The van der Waals surface area contributed by atoms with E-state index in [0.29, 0.717) is 11.6 Å². The first-order valence-corrected chi connectivity index (χ1v) is 5.95. The van der Waals surface area contributed by atoms with Crippen LogP contribution in [0.5, 0.6) is 0 Å². The Kier molecular flexibility index (Phi) is 3.42. The van der Waals surface area contributed by atoms with Gasteiger partial charge in [-0.15, -0.1) is 5.10 Å². The van der Waals surface area contributed by atoms with Crippen LogP contribution in [0.25, 0.3) is 0 Å². The van der Waals surface area contributed by atoms with Gasteiger partial charge in [0.15, 0.2) is 5.69 Å². The van der Waals surface area contributed by atoms with Crippen LogP contribution in [-0.2, 0) is 13.0 Å². The lowest BCUT2D eigenvalue weighted by atomic mass is 10.1. The molecule has 94 valence electrons. The standard InChI is InChI=1S/C11H19N5O/c1-15(2)5-6-16-9(7-8-3-4-8)10(11(12)17)13-14-16/h8H,3-7H2,1-2H3,(H2,12,17). The molecular formula is C11H19N5O.